The van der Waals surface area contributed by atoms with E-state index in [2.05, 4.69) is 39.4 Å². The zero-order valence-electron chi connectivity index (χ0n) is 8.24. The summed E-state index contributed by atoms with van der Waals surface area (Å²) >= 11 is 5.11. The van der Waals surface area contributed by atoms with Crippen molar-refractivity contribution in [3.63, 3.8) is 0 Å². The molecule has 2 unspecified atom stereocenters. The number of alkyl halides is 1. The lowest BCUT2D eigenvalue weighted by molar-refractivity contribution is 0.0380. The first kappa shape index (κ1) is 10.5. The summed E-state index contributed by atoms with van der Waals surface area (Å²) in [4.78, 5) is 0.400. The summed E-state index contributed by atoms with van der Waals surface area (Å²) in [6, 6.07) is 0. The fourth-order valence-electron chi connectivity index (χ4n) is 1.76. The molecule has 1 aromatic heterocycles. The van der Waals surface area contributed by atoms with Gasteiger partial charge in [-0.3, -0.25) is 0 Å². The van der Waals surface area contributed by atoms with Crippen LogP contribution in [0.5, 0.6) is 0 Å². The van der Waals surface area contributed by atoms with Gasteiger partial charge in [0.15, 0.2) is 0 Å². The zero-order valence-corrected chi connectivity index (χ0v) is 10.6. The molecular formula is C9H13BrN2OS. The van der Waals surface area contributed by atoms with Crippen molar-refractivity contribution in [2.24, 2.45) is 5.92 Å². The third-order valence-electron chi connectivity index (χ3n) is 2.62. The van der Waals surface area contributed by atoms with E-state index in [-0.39, 0.29) is 5.60 Å². The van der Waals surface area contributed by atoms with Crippen molar-refractivity contribution in [1.82, 2.24) is 9.59 Å². The molecule has 2 rings (SSSR count). The monoisotopic (exact) mass is 276 g/mol. The predicted octanol–water partition coefficient (Wildman–Crippen LogP) is 2.27. The van der Waals surface area contributed by atoms with E-state index in [1.165, 1.54) is 11.5 Å². The molecule has 0 bridgehead atoms. The molecule has 3 nitrogen and oxygen atoms in total. The van der Waals surface area contributed by atoms with E-state index in [9.17, 15) is 0 Å². The first-order valence-corrected chi connectivity index (χ1v) is 6.39. The van der Waals surface area contributed by atoms with Gasteiger partial charge in [-0.2, -0.15) is 0 Å². The van der Waals surface area contributed by atoms with Crippen LogP contribution in [-0.4, -0.2) is 26.6 Å². The number of nitrogens with zero attached hydrogens (tertiary/aromatic N) is 2. The fraction of sp³-hybridized carbons (Fsp3) is 0.778. The van der Waals surface area contributed by atoms with Gasteiger partial charge < -0.3 is 4.74 Å². The van der Waals surface area contributed by atoms with Crippen LogP contribution in [0.2, 0.25) is 0 Å². The summed E-state index contributed by atoms with van der Waals surface area (Å²) in [5.74, 6) is 0.508. The Labute approximate surface area is 96.2 Å². The number of aromatic nitrogens is 2. The van der Waals surface area contributed by atoms with E-state index in [4.69, 9.17) is 4.74 Å². The molecule has 78 valence electrons. The standard InChI is InChI=1S/C9H13BrN2OS/c1-9(2)8(10)6(4-13-9)3-7-5-14-12-11-7/h5-6,8H,3-4H2,1-2H3. The summed E-state index contributed by atoms with van der Waals surface area (Å²) in [6.45, 7) is 5.04. The first-order valence-electron chi connectivity index (χ1n) is 4.63. The van der Waals surface area contributed by atoms with Crippen LogP contribution >= 0.6 is 27.5 Å². The van der Waals surface area contributed by atoms with Crippen molar-refractivity contribution < 1.29 is 4.74 Å². The summed E-state index contributed by atoms with van der Waals surface area (Å²) in [7, 11) is 0. The largest absolute Gasteiger partial charge is 0.374 e. The third-order valence-corrected chi connectivity index (χ3v) is 5.03. The van der Waals surface area contributed by atoms with Crippen LogP contribution in [0.4, 0.5) is 0 Å². The van der Waals surface area contributed by atoms with Gasteiger partial charge in [0.2, 0.25) is 0 Å². The summed E-state index contributed by atoms with van der Waals surface area (Å²) in [5.41, 5.74) is 1.01. The molecule has 5 heteroatoms. The van der Waals surface area contributed by atoms with Gasteiger partial charge in [-0.1, -0.05) is 20.4 Å². The lowest BCUT2D eigenvalue weighted by Crippen LogP contribution is -2.30. The highest BCUT2D eigenvalue weighted by Gasteiger charge is 2.41. The minimum atomic E-state index is -0.0614. The minimum absolute atomic E-state index is 0.0614. The molecule has 1 aliphatic rings. The SMILES string of the molecule is CC1(C)OCC(Cc2csnn2)C1Br. The van der Waals surface area contributed by atoms with E-state index in [0.29, 0.717) is 10.7 Å². The van der Waals surface area contributed by atoms with Crippen molar-refractivity contribution >= 4 is 27.5 Å². The molecule has 0 aromatic carbocycles. The molecule has 0 aliphatic carbocycles. The molecule has 1 saturated heterocycles. The second-order valence-electron chi connectivity index (χ2n) is 4.18. The molecule has 1 fully saturated rings. The fourth-order valence-corrected chi connectivity index (χ4v) is 2.69. The number of halogens is 1. The van der Waals surface area contributed by atoms with Gasteiger partial charge in [0.1, 0.15) is 0 Å². The molecule has 0 amide bonds. The van der Waals surface area contributed by atoms with E-state index >= 15 is 0 Å². The van der Waals surface area contributed by atoms with Gasteiger partial charge >= 0.3 is 0 Å². The Bertz CT molecular complexity index is 302. The molecule has 0 spiro atoms. The molecule has 14 heavy (non-hydrogen) atoms. The Balaban J connectivity index is 2.01. The van der Waals surface area contributed by atoms with Crippen molar-refractivity contribution in [2.45, 2.75) is 30.7 Å². The summed E-state index contributed by atoms with van der Waals surface area (Å²) < 4.78 is 9.58. The Morgan fingerprint density at radius 1 is 1.71 bits per heavy atom. The lowest BCUT2D eigenvalue weighted by Gasteiger charge is -2.22. The predicted molar refractivity (Wildman–Crippen MR) is 59.8 cm³/mol. The van der Waals surface area contributed by atoms with Gasteiger partial charge in [0, 0.05) is 16.1 Å². The van der Waals surface area contributed by atoms with Crippen LogP contribution in [0.15, 0.2) is 5.38 Å². The molecule has 0 N–H and O–H groups in total. The maximum atomic E-state index is 5.72. The highest BCUT2D eigenvalue weighted by molar-refractivity contribution is 9.09. The maximum Gasteiger partial charge on any atom is 0.0759 e. The average Bonchev–Trinajstić information content (AvgIpc) is 2.70. The molecule has 0 radical (unpaired) electrons. The maximum absolute atomic E-state index is 5.72. The first-order chi connectivity index (χ1) is 6.59. The van der Waals surface area contributed by atoms with Gasteiger partial charge in [-0.05, 0) is 31.8 Å². The number of hydrogen-bond donors (Lipinski definition) is 0. The van der Waals surface area contributed by atoms with Crippen LogP contribution in [0.1, 0.15) is 19.5 Å². The Morgan fingerprint density at radius 2 is 2.50 bits per heavy atom. The van der Waals surface area contributed by atoms with Crippen molar-refractivity contribution in [3.8, 4) is 0 Å². The molecule has 2 heterocycles. The molecule has 1 aromatic rings. The van der Waals surface area contributed by atoms with Gasteiger partial charge in [-0.25, -0.2) is 0 Å². The average molecular weight is 277 g/mol. The van der Waals surface area contributed by atoms with Gasteiger partial charge in [0.25, 0.3) is 0 Å². The Kier molecular flexibility index (Phi) is 2.91. The van der Waals surface area contributed by atoms with Gasteiger partial charge in [0.05, 0.1) is 17.9 Å². The topological polar surface area (TPSA) is 35.0 Å². The highest BCUT2D eigenvalue weighted by Crippen LogP contribution is 2.37. The number of hydrogen-bond acceptors (Lipinski definition) is 4. The van der Waals surface area contributed by atoms with E-state index in [0.717, 1.165) is 18.7 Å². The Hall–Kier alpha value is -0.0000000000000000555. The van der Waals surface area contributed by atoms with Crippen molar-refractivity contribution in [2.75, 3.05) is 6.61 Å². The van der Waals surface area contributed by atoms with Crippen molar-refractivity contribution in [1.29, 1.82) is 0 Å². The van der Waals surface area contributed by atoms with Crippen molar-refractivity contribution in [3.05, 3.63) is 11.1 Å². The van der Waals surface area contributed by atoms with Crippen LogP contribution in [-0.2, 0) is 11.2 Å². The van der Waals surface area contributed by atoms with Crippen LogP contribution < -0.4 is 0 Å². The molecular weight excluding hydrogens is 264 g/mol. The van der Waals surface area contributed by atoms with Crippen LogP contribution in [0, 0.1) is 5.92 Å². The normalized spacial score (nSPS) is 30.8. The highest BCUT2D eigenvalue weighted by atomic mass is 79.9. The van der Waals surface area contributed by atoms with Gasteiger partial charge in [-0.15, -0.1) is 5.10 Å². The lowest BCUT2D eigenvalue weighted by atomic mass is 9.94. The van der Waals surface area contributed by atoms with E-state index in [1.54, 1.807) is 0 Å². The number of rotatable bonds is 2. The smallest absolute Gasteiger partial charge is 0.0759 e. The second kappa shape index (κ2) is 3.87. The van der Waals surface area contributed by atoms with Crippen LogP contribution in [0.3, 0.4) is 0 Å². The molecule has 1 aliphatic heterocycles. The Morgan fingerprint density at radius 3 is 3.00 bits per heavy atom. The summed E-state index contributed by atoms with van der Waals surface area (Å²) in [6.07, 6.45) is 0.954. The molecule has 0 saturated carbocycles. The minimum Gasteiger partial charge on any atom is -0.374 e. The number of ether oxygens (including phenoxy) is 1. The second-order valence-corrected chi connectivity index (χ2v) is 5.77. The quantitative estimate of drug-likeness (QED) is 0.778. The summed E-state index contributed by atoms with van der Waals surface area (Å²) in [5, 5.41) is 6.06. The van der Waals surface area contributed by atoms with Crippen LogP contribution in [0.25, 0.3) is 0 Å². The van der Waals surface area contributed by atoms with E-state index in [1.807, 2.05) is 5.38 Å². The van der Waals surface area contributed by atoms with E-state index < -0.39 is 0 Å². The molecule has 2 atom stereocenters. The third kappa shape index (κ3) is 1.99. The zero-order chi connectivity index (χ0) is 10.2.